The van der Waals surface area contributed by atoms with Crippen LogP contribution in [-0.4, -0.2) is 33.2 Å². The van der Waals surface area contributed by atoms with Gasteiger partial charge in [0.1, 0.15) is 0 Å². The number of rotatable bonds is 5. The van der Waals surface area contributed by atoms with E-state index in [4.69, 9.17) is 18.9 Å². The highest BCUT2D eigenvalue weighted by Crippen LogP contribution is 2.39. The second-order valence-corrected chi connectivity index (χ2v) is 5.66. The number of hydrogen-bond acceptors (Lipinski definition) is 6. The minimum Gasteiger partial charge on any atom is -0.493 e. The van der Waals surface area contributed by atoms with Crippen LogP contribution in [-0.2, 0) is 9.53 Å². The van der Waals surface area contributed by atoms with Crippen molar-refractivity contribution in [1.29, 1.82) is 0 Å². The summed E-state index contributed by atoms with van der Waals surface area (Å²) in [6, 6.07) is 11.1. The van der Waals surface area contributed by atoms with Gasteiger partial charge in [-0.15, -0.1) is 0 Å². The van der Waals surface area contributed by atoms with Gasteiger partial charge < -0.3 is 18.9 Å². The number of methoxy groups -OCH3 is 3. The zero-order valence-corrected chi connectivity index (χ0v) is 15.0. The molecule has 0 radical (unpaired) electrons. The van der Waals surface area contributed by atoms with E-state index in [-0.39, 0.29) is 11.6 Å². The summed E-state index contributed by atoms with van der Waals surface area (Å²) in [5.74, 6) is 1.05. The summed E-state index contributed by atoms with van der Waals surface area (Å²) >= 11 is 0. The van der Waals surface area contributed by atoms with Crippen molar-refractivity contribution < 1.29 is 23.7 Å². The molecule has 2 aromatic rings. The molecule has 1 aliphatic rings. The summed E-state index contributed by atoms with van der Waals surface area (Å²) in [5.41, 5.74) is 2.80. The molecule has 0 aromatic heterocycles. The molecule has 0 N–H and O–H groups in total. The fourth-order valence-corrected chi connectivity index (χ4v) is 2.56. The third kappa shape index (κ3) is 3.39. The Kier molecular flexibility index (Phi) is 4.93. The number of aliphatic imine (C=N–C) groups is 1. The maximum absolute atomic E-state index is 12.2. The number of esters is 1. The van der Waals surface area contributed by atoms with Gasteiger partial charge in [-0.25, -0.2) is 9.79 Å². The lowest BCUT2D eigenvalue weighted by atomic mass is 10.1. The largest absolute Gasteiger partial charge is 0.493 e. The van der Waals surface area contributed by atoms with Crippen LogP contribution in [0.4, 0.5) is 0 Å². The zero-order valence-electron chi connectivity index (χ0n) is 15.0. The molecule has 3 rings (SSSR count). The number of aryl methyl sites for hydroxylation is 1. The molecule has 0 unspecified atom stereocenters. The molecule has 2 aromatic carbocycles. The molecule has 1 aliphatic heterocycles. The predicted octanol–water partition coefficient (Wildman–Crippen LogP) is 3.37. The first-order chi connectivity index (χ1) is 12.5. The van der Waals surface area contributed by atoms with Crippen LogP contribution in [0.25, 0.3) is 6.08 Å². The van der Waals surface area contributed by atoms with Crippen molar-refractivity contribution >= 4 is 17.9 Å². The minimum absolute atomic E-state index is 0.188. The van der Waals surface area contributed by atoms with Crippen molar-refractivity contribution in [2.45, 2.75) is 6.92 Å². The van der Waals surface area contributed by atoms with Gasteiger partial charge in [0.25, 0.3) is 0 Å². The highest BCUT2D eigenvalue weighted by Gasteiger charge is 2.26. The average molecular weight is 353 g/mol. The van der Waals surface area contributed by atoms with Gasteiger partial charge >= 0.3 is 5.97 Å². The Morgan fingerprint density at radius 3 is 2.12 bits per heavy atom. The quantitative estimate of drug-likeness (QED) is 0.609. The summed E-state index contributed by atoms with van der Waals surface area (Å²) in [4.78, 5) is 16.5. The minimum atomic E-state index is -0.505. The van der Waals surface area contributed by atoms with E-state index in [1.165, 1.54) is 21.3 Å². The van der Waals surface area contributed by atoms with E-state index in [1.54, 1.807) is 18.2 Å². The molecule has 134 valence electrons. The Balaban J connectivity index is 1.99. The molecule has 0 saturated heterocycles. The van der Waals surface area contributed by atoms with Crippen LogP contribution < -0.4 is 14.2 Å². The number of benzene rings is 2. The van der Waals surface area contributed by atoms with Crippen molar-refractivity contribution in [3.63, 3.8) is 0 Å². The fourth-order valence-electron chi connectivity index (χ4n) is 2.56. The Labute approximate surface area is 151 Å². The van der Waals surface area contributed by atoms with Crippen LogP contribution in [0.1, 0.15) is 16.7 Å². The third-order valence-electron chi connectivity index (χ3n) is 3.91. The van der Waals surface area contributed by atoms with Crippen LogP contribution in [0.2, 0.25) is 0 Å². The highest BCUT2D eigenvalue weighted by molar-refractivity contribution is 6.13. The van der Waals surface area contributed by atoms with Crippen molar-refractivity contribution in [3.8, 4) is 17.2 Å². The number of carbonyl (C=O) groups excluding carboxylic acids is 1. The molecule has 6 heteroatoms. The predicted molar refractivity (Wildman–Crippen MR) is 97.9 cm³/mol. The second kappa shape index (κ2) is 7.31. The lowest BCUT2D eigenvalue weighted by Gasteiger charge is -2.13. The molecule has 0 aliphatic carbocycles. The molecular weight excluding hydrogens is 334 g/mol. The summed E-state index contributed by atoms with van der Waals surface area (Å²) in [6.07, 6.45) is 1.69. The van der Waals surface area contributed by atoms with Gasteiger partial charge in [-0.1, -0.05) is 29.8 Å². The molecule has 0 fully saturated rings. The standard InChI is InChI=1S/C20H19NO5/c1-12-5-7-13(8-6-12)9-15-20(22)26-19(21-15)14-10-16(23-2)18(25-4)17(11-14)24-3/h5-11H,1-4H3/b15-9-. The smallest absolute Gasteiger partial charge is 0.363 e. The zero-order chi connectivity index (χ0) is 18.7. The summed E-state index contributed by atoms with van der Waals surface area (Å²) < 4.78 is 21.3. The van der Waals surface area contributed by atoms with E-state index >= 15 is 0 Å². The van der Waals surface area contributed by atoms with Gasteiger partial charge in [0.15, 0.2) is 17.2 Å². The van der Waals surface area contributed by atoms with E-state index in [1.807, 2.05) is 31.2 Å². The van der Waals surface area contributed by atoms with E-state index in [2.05, 4.69) is 4.99 Å². The summed E-state index contributed by atoms with van der Waals surface area (Å²) in [5, 5.41) is 0. The summed E-state index contributed by atoms with van der Waals surface area (Å²) in [7, 11) is 4.56. The first-order valence-corrected chi connectivity index (χ1v) is 7.95. The van der Waals surface area contributed by atoms with Crippen LogP contribution in [0.5, 0.6) is 17.2 Å². The van der Waals surface area contributed by atoms with Crippen molar-refractivity contribution in [1.82, 2.24) is 0 Å². The molecule has 0 saturated carbocycles. The lowest BCUT2D eigenvalue weighted by Crippen LogP contribution is -2.06. The monoisotopic (exact) mass is 353 g/mol. The Bertz CT molecular complexity index is 872. The van der Waals surface area contributed by atoms with E-state index in [0.29, 0.717) is 22.8 Å². The molecule has 1 heterocycles. The Morgan fingerprint density at radius 1 is 0.962 bits per heavy atom. The first-order valence-electron chi connectivity index (χ1n) is 7.95. The van der Waals surface area contributed by atoms with Gasteiger partial charge in [0, 0.05) is 5.56 Å². The number of cyclic esters (lactones) is 1. The van der Waals surface area contributed by atoms with E-state index < -0.39 is 5.97 Å². The molecule has 6 nitrogen and oxygen atoms in total. The van der Waals surface area contributed by atoms with Gasteiger partial charge in [0.05, 0.1) is 21.3 Å². The van der Waals surface area contributed by atoms with E-state index in [9.17, 15) is 4.79 Å². The van der Waals surface area contributed by atoms with Gasteiger partial charge in [-0.3, -0.25) is 0 Å². The average Bonchev–Trinajstić information content (AvgIpc) is 3.02. The van der Waals surface area contributed by atoms with Crippen molar-refractivity contribution in [2.75, 3.05) is 21.3 Å². The fraction of sp³-hybridized carbons (Fsp3) is 0.200. The van der Waals surface area contributed by atoms with Crippen LogP contribution in [0, 0.1) is 6.92 Å². The normalized spacial score (nSPS) is 14.8. The van der Waals surface area contributed by atoms with Crippen molar-refractivity contribution in [2.24, 2.45) is 4.99 Å². The Morgan fingerprint density at radius 2 is 1.58 bits per heavy atom. The van der Waals surface area contributed by atoms with Gasteiger partial charge in [-0.05, 0) is 30.7 Å². The molecule has 0 atom stereocenters. The highest BCUT2D eigenvalue weighted by atomic mass is 16.6. The maximum Gasteiger partial charge on any atom is 0.363 e. The number of nitrogens with zero attached hydrogens (tertiary/aromatic N) is 1. The Hall–Kier alpha value is -3.28. The molecular formula is C20H19NO5. The topological polar surface area (TPSA) is 66.4 Å². The molecule has 0 amide bonds. The molecule has 0 bridgehead atoms. The second-order valence-electron chi connectivity index (χ2n) is 5.66. The molecule has 0 spiro atoms. The summed E-state index contributed by atoms with van der Waals surface area (Å²) in [6.45, 7) is 2.00. The van der Waals surface area contributed by atoms with Crippen molar-refractivity contribution in [3.05, 3.63) is 58.8 Å². The van der Waals surface area contributed by atoms with Gasteiger partial charge in [-0.2, -0.15) is 0 Å². The SMILES string of the molecule is COc1cc(C2=N/C(=C\c3ccc(C)cc3)C(=O)O2)cc(OC)c1OC. The molecule has 26 heavy (non-hydrogen) atoms. The number of hydrogen-bond donors (Lipinski definition) is 0. The number of ether oxygens (including phenoxy) is 4. The van der Waals surface area contributed by atoms with E-state index in [0.717, 1.165) is 11.1 Å². The van der Waals surface area contributed by atoms with Crippen LogP contribution in [0.15, 0.2) is 47.1 Å². The maximum atomic E-state index is 12.2. The van der Waals surface area contributed by atoms with Gasteiger partial charge in [0.2, 0.25) is 11.6 Å². The lowest BCUT2D eigenvalue weighted by molar-refractivity contribution is -0.129. The third-order valence-corrected chi connectivity index (χ3v) is 3.91. The first kappa shape index (κ1) is 17.5. The van der Waals surface area contributed by atoms with Crippen LogP contribution in [0.3, 0.4) is 0 Å². The number of carbonyl (C=O) groups is 1. The van der Waals surface area contributed by atoms with Crippen LogP contribution >= 0.6 is 0 Å².